The lowest BCUT2D eigenvalue weighted by Crippen LogP contribution is -2.31. The van der Waals surface area contributed by atoms with Gasteiger partial charge < -0.3 is 5.32 Å². The highest BCUT2D eigenvalue weighted by atomic mass is 35.5. The fraction of sp³-hybridized carbons (Fsp3) is 0.148. The van der Waals surface area contributed by atoms with Crippen molar-refractivity contribution in [2.24, 2.45) is 0 Å². The first-order chi connectivity index (χ1) is 16.4. The Morgan fingerprint density at radius 3 is 2.44 bits per heavy atom. The van der Waals surface area contributed by atoms with Crippen molar-refractivity contribution < 1.29 is 9.59 Å². The first-order valence-electron chi connectivity index (χ1n) is 10.7. The molecule has 4 rings (SSSR count). The summed E-state index contributed by atoms with van der Waals surface area (Å²) in [5, 5.41) is 13.3. The van der Waals surface area contributed by atoms with Gasteiger partial charge in [-0.05, 0) is 61.2 Å². The van der Waals surface area contributed by atoms with Gasteiger partial charge in [0.15, 0.2) is 0 Å². The van der Waals surface area contributed by atoms with Crippen LogP contribution >= 0.6 is 23.4 Å². The third-order valence-corrected chi connectivity index (χ3v) is 7.06. The predicted molar refractivity (Wildman–Crippen MR) is 138 cm³/mol. The van der Waals surface area contributed by atoms with Crippen LogP contribution < -0.4 is 10.2 Å². The zero-order valence-corrected chi connectivity index (χ0v) is 20.3. The Morgan fingerprint density at radius 1 is 1.06 bits per heavy atom. The lowest BCUT2D eigenvalue weighted by Gasteiger charge is -2.20. The molecule has 1 heterocycles. The van der Waals surface area contributed by atoms with Crippen LogP contribution in [-0.2, 0) is 16.0 Å². The third-order valence-electron chi connectivity index (χ3n) is 5.57. The number of nitrogens with one attached hydrogen (secondary N) is 1. The molecule has 0 saturated carbocycles. The van der Waals surface area contributed by atoms with E-state index in [1.54, 1.807) is 12.1 Å². The maximum Gasteiger partial charge on any atom is 0.269 e. The van der Waals surface area contributed by atoms with Crippen LogP contribution in [0.25, 0.3) is 0 Å². The molecule has 0 spiro atoms. The Bertz CT molecular complexity index is 1350. The van der Waals surface area contributed by atoms with Gasteiger partial charge in [-0.3, -0.25) is 14.5 Å². The highest BCUT2D eigenvalue weighted by Gasteiger charge is 2.41. The van der Waals surface area contributed by atoms with Gasteiger partial charge in [0.2, 0.25) is 5.91 Å². The van der Waals surface area contributed by atoms with Gasteiger partial charge in [-0.1, -0.05) is 71.9 Å². The standard InChI is InChI=1S/C27H22ClN3O2S/c1-17-8-3-5-12-22(17)30-25(32)21(16-29)27-31(23-13-6-4-9-18(23)2)26(33)24(34-27)15-19-10-7-11-20(28)14-19/h3-14,24H,15H2,1-2H3,(H,30,32)/b27-21-. The second kappa shape index (κ2) is 10.2. The zero-order valence-electron chi connectivity index (χ0n) is 18.7. The second-order valence-electron chi connectivity index (χ2n) is 7.96. The first-order valence-corrected chi connectivity index (χ1v) is 12.0. The Morgan fingerprint density at radius 2 is 1.76 bits per heavy atom. The normalized spacial score (nSPS) is 16.8. The van der Waals surface area contributed by atoms with E-state index in [9.17, 15) is 14.9 Å². The van der Waals surface area contributed by atoms with Crippen LogP contribution in [0.4, 0.5) is 11.4 Å². The van der Waals surface area contributed by atoms with Gasteiger partial charge >= 0.3 is 0 Å². The molecule has 1 N–H and O–H groups in total. The number of amides is 2. The van der Waals surface area contributed by atoms with Crippen molar-refractivity contribution >= 4 is 46.6 Å². The van der Waals surface area contributed by atoms with Gasteiger partial charge in [0, 0.05) is 10.7 Å². The summed E-state index contributed by atoms with van der Waals surface area (Å²) < 4.78 is 0. The number of para-hydroxylation sites is 2. The molecule has 1 aliphatic heterocycles. The monoisotopic (exact) mass is 487 g/mol. The molecule has 0 aromatic heterocycles. The van der Waals surface area contributed by atoms with Crippen LogP contribution in [0.1, 0.15) is 16.7 Å². The maximum atomic E-state index is 13.6. The molecule has 0 radical (unpaired) electrons. The number of thioether (sulfide) groups is 1. The Balaban J connectivity index is 1.76. The molecule has 3 aromatic rings. The fourth-order valence-electron chi connectivity index (χ4n) is 3.80. The number of benzene rings is 3. The Labute approximate surface area is 208 Å². The Hall–Kier alpha value is -3.53. The van der Waals surface area contributed by atoms with Crippen molar-refractivity contribution in [1.82, 2.24) is 0 Å². The summed E-state index contributed by atoms with van der Waals surface area (Å²) >= 11 is 7.37. The van der Waals surface area contributed by atoms with Crippen molar-refractivity contribution in [3.63, 3.8) is 0 Å². The molecule has 1 atom stereocenters. The van der Waals surface area contributed by atoms with Gasteiger partial charge in [-0.25, -0.2) is 0 Å². The van der Waals surface area contributed by atoms with Gasteiger partial charge in [0.25, 0.3) is 5.91 Å². The van der Waals surface area contributed by atoms with Gasteiger partial charge in [-0.2, -0.15) is 5.26 Å². The lowest BCUT2D eigenvalue weighted by molar-refractivity contribution is -0.117. The summed E-state index contributed by atoms with van der Waals surface area (Å²) in [4.78, 5) is 28.3. The molecule has 34 heavy (non-hydrogen) atoms. The van der Waals surface area contributed by atoms with E-state index < -0.39 is 11.2 Å². The maximum absolute atomic E-state index is 13.6. The van der Waals surface area contributed by atoms with E-state index in [1.165, 1.54) is 16.7 Å². The van der Waals surface area contributed by atoms with Crippen LogP contribution in [0.2, 0.25) is 5.02 Å². The summed E-state index contributed by atoms with van der Waals surface area (Å²) in [5.74, 6) is -0.722. The zero-order chi connectivity index (χ0) is 24.2. The number of nitrogens with zero attached hydrogens (tertiary/aromatic N) is 2. The number of carbonyl (C=O) groups excluding carboxylic acids is 2. The van der Waals surface area contributed by atoms with Crippen LogP contribution in [-0.4, -0.2) is 17.1 Å². The summed E-state index contributed by atoms with van der Waals surface area (Å²) in [7, 11) is 0. The number of nitriles is 1. The number of halogens is 1. The minimum Gasteiger partial charge on any atom is -0.321 e. The van der Waals surface area contributed by atoms with Crippen molar-refractivity contribution in [3.8, 4) is 6.07 Å². The summed E-state index contributed by atoms with van der Waals surface area (Å²) in [6.45, 7) is 3.78. The fourth-order valence-corrected chi connectivity index (χ4v) is 5.31. The van der Waals surface area contributed by atoms with Crippen molar-refractivity contribution in [2.75, 3.05) is 10.2 Å². The van der Waals surface area contributed by atoms with Crippen molar-refractivity contribution in [3.05, 3.63) is 105 Å². The van der Waals surface area contributed by atoms with E-state index in [1.807, 2.05) is 80.6 Å². The van der Waals surface area contributed by atoms with Crippen molar-refractivity contribution in [2.45, 2.75) is 25.5 Å². The number of aryl methyl sites for hydroxylation is 2. The third kappa shape index (κ3) is 4.86. The SMILES string of the molecule is Cc1ccccc1NC(=O)/C(C#N)=C1\SC(Cc2cccc(Cl)c2)C(=O)N1c1ccccc1C. The number of carbonyl (C=O) groups is 2. The summed E-state index contributed by atoms with van der Waals surface area (Å²) in [6, 6.07) is 24.2. The largest absolute Gasteiger partial charge is 0.321 e. The average molecular weight is 488 g/mol. The molecular weight excluding hydrogens is 466 g/mol. The average Bonchev–Trinajstić information content (AvgIpc) is 3.11. The van der Waals surface area contributed by atoms with Crippen LogP contribution in [0, 0.1) is 25.2 Å². The second-order valence-corrected chi connectivity index (χ2v) is 9.59. The van der Waals surface area contributed by atoms with Crippen LogP contribution in [0.15, 0.2) is 83.4 Å². The number of anilines is 2. The molecule has 1 saturated heterocycles. The van der Waals surface area contributed by atoms with Crippen molar-refractivity contribution in [1.29, 1.82) is 5.26 Å². The smallest absolute Gasteiger partial charge is 0.269 e. The number of hydrogen-bond acceptors (Lipinski definition) is 4. The molecular formula is C27H22ClN3O2S. The highest BCUT2D eigenvalue weighted by molar-refractivity contribution is 8.05. The summed E-state index contributed by atoms with van der Waals surface area (Å²) in [6.07, 6.45) is 0.425. The molecule has 0 aliphatic carbocycles. The minimum atomic E-state index is -0.547. The predicted octanol–water partition coefficient (Wildman–Crippen LogP) is 6.02. The number of rotatable bonds is 5. The molecule has 170 valence electrons. The molecule has 5 nitrogen and oxygen atoms in total. The molecule has 7 heteroatoms. The van der Waals surface area contributed by atoms with Gasteiger partial charge in [0.05, 0.1) is 10.9 Å². The van der Waals surface area contributed by atoms with E-state index in [4.69, 9.17) is 11.6 Å². The van der Waals surface area contributed by atoms with Crippen LogP contribution in [0.3, 0.4) is 0 Å². The molecule has 1 aliphatic rings. The van der Waals surface area contributed by atoms with Crippen LogP contribution in [0.5, 0.6) is 0 Å². The highest BCUT2D eigenvalue weighted by Crippen LogP contribution is 2.43. The first kappa shape index (κ1) is 23.6. The lowest BCUT2D eigenvalue weighted by atomic mass is 10.1. The number of hydrogen-bond donors (Lipinski definition) is 1. The quantitative estimate of drug-likeness (QED) is 0.352. The molecule has 2 amide bonds. The van der Waals surface area contributed by atoms with E-state index in [0.717, 1.165) is 16.7 Å². The summed E-state index contributed by atoms with van der Waals surface area (Å²) in [5.41, 5.74) is 3.83. The minimum absolute atomic E-state index is 0.0987. The van der Waals surface area contributed by atoms with E-state index >= 15 is 0 Å². The molecule has 1 unspecified atom stereocenters. The molecule has 3 aromatic carbocycles. The molecule has 0 bridgehead atoms. The van der Waals surface area contributed by atoms with E-state index in [2.05, 4.69) is 5.32 Å². The van der Waals surface area contributed by atoms with E-state index in [0.29, 0.717) is 27.8 Å². The topological polar surface area (TPSA) is 73.2 Å². The van der Waals surface area contributed by atoms with E-state index in [-0.39, 0.29) is 11.5 Å². The van der Waals surface area contributed by atoms with Gasteiger partial charge in [0.1, 0.15) is 16.7 Å². The van der Waals surface area contributed by atoms with Gasteiger partial charge in [-0.15, -0.1) is 0 Å². The Kier molecular flexibility index (Phi) is 7.06. The molecule has 1 fully saturated rings.